The summed E-state index contributed by atoms with van der Waals surface area (Å²) < 4.78 is 0. The summed E-state index contributed by atoms with van der Waals surface area (Å²) in [7, 11) is 0. The third kappa shape index (κ3) is 2.18. The van der Waals surface area contributed by atoms with E-state index in [4.69, 9.17) is 10.2 Å². The molecule has 0 saturated carbocycles. The quantitative estimate of drug-likeness (QED) is 0.457. The highest BCUT2D eigenvalue weighted by Gasteiger charge is 1.99. The molecule has 6 heavy (non-hydrogen) atoms. The third-order valence-electron chi connectivity index (χ3n) is 0.557. The first-order valence-electron chi connectivity index (χ1n) is 1.84. The summed E-state index contributed by atoms with van der Waals surface area (Å²) in [6.07, 6.45) is -1.55. The van der Waals surface area contributed by atoms with Gasteiger partial charge in [0.05, 0.1) is 12.2 Å². The Kier molecular flexibility index (Phi) is 2.13. The Labute approximate surface area is 37.4 Å². The van der Waals surface area contributed by atoms with Gasteiger partial charge in [-0.25, -0.2) is 0 Å². The van der Waals surface area contributed by atoms with Gasteiger partial charge in [0.25, 0.3) is 0 Å². The summed E-state index contributed by atoms with van der Waals surface area (Å²) in [5, 5.41) is 16.6. The van der Waals surface area contributed by atoms with Gasteiger partial charge in [0.2, 0.25) is 0 Å². The molecule has 0 saturated heterocycles. The van der Waals surface area contributed by atoms with Crippen LogP contribution < -0.4 is 0 Å². The second-order valence-corrected chi connectivity index (χ2v) is 1.31. The van der Waals surface area contributed by atoms with Crippen LogP contribution in [-0.2, 0) is 0 Å². The largest absolute Gasteiger partial charge is 0.391 e. The Morgan fingerprint density at radius 3 is 1.67 bits per heavy atom. The molecule has 0 aliphatic heterocycles. The zero-order chi connectivity index (χ0) is 5.15. The van der Waals surface area contributed by atoms with Crippen molar-refractivity contribution in [2.75, 3.05) is 0 Å². The average molecular weight is 89.1 g/mol. The number of hydrogen-bond acceptors (Lipinski definition) is 2. The van der Waals surface area contributed by atoms with Gasteiger partial charge in [-0.2, -0.15) is 0 Å². The first-order chi connectivity index (χ1) is 2.64. The van der Waals surface area contributed by atoms with Gasteiger partial charge in [0.15, 0.2) is 0 Å². The molecule has 2 nitrogen and oxygen atoms in total. The Bertz CT molecular complexity index is 26.5. The predicted octanol–water partition coefficient (Wildman–Crippen LogP) is -0.438. The smallest absolute Gasteiger partial charge is 0.0797 e. The van der Waals surface area contributed by atoms with Crippen LogP contribution in [0.4, 0.5) is 0 Å². The van der Waals surface area contributed by atoms with Crippen molar-refractivity contribution in [1.82, 2.24) is 0 Å². The van der Waals surface area contributed by atoms with Crippen LogP contribution in [0.15, 0.2) is 0 Å². The second kappa shape index (κ2) is 2.16. The molecule has 0 aromatic rings. The molecule has 0 bridgehead atoms. The van der Waals surface area contributed by atoms with Crippen LogP contribution in [0, 0.1) is 6.92 Å². The zero-order valence-electron chi connectivity index (χ0n) is 3.76. The fourth-order valence-electron chi connectivity index (χ4n) is 0. The third-order valence-corrected chi connectivity index (χ3v) is 0.557. The van der Waals surface area contributed by atoms with Crippen LogP contribution in [0.3, 0.4) is 0 Å². The van der Waals surface area contributed by atoms with Crippen molar-refractivity contribution >= 4 is 0 Å². The van der Waals surface area contributed by atoms with Crippen molar-refractivity contribution in [2.45, 2.75) is 19.1 Å². The van der Waals surface area contributed by atoms with Crippen molar-refractivity contribution in [3.05, 3.63) is 6.92 Å². The average Bonchev–Trinajstić information content (AvgIpc) is 1.36. The lowest BCUT2D eigenvalue weighted by molar-refractivity contribution is 0.0601. The maximum atomic E-state index is 8.32. The summed E-state index contributed by atoms with van der Waals surface area (Å²) in [5.41, 5.74) is 0. The molecule has 0 spiro atoms. The Morgan fingerprint density at radius 1 is 1.50 bits per heavy atom. The van der Waals surface area contributed by atoms with Crippen molar-refractivity contribution in [3.8, 4) is 0 Å². The Morgan fingerprint density at radius 2 is 1.67 bits per heavy atom. The molecular weight excluding hydrogens is 80.0 g/mol. The molecule has 0 amide bonds. The molecule has 0 rings (SSSR count). The molecule has 2 atom stereocenters. The molecule has 0 aromatic heterocycles. The first-order valence-corrected chi connectivity index (χ1v) is 1.84. The van der Waals surface area contributed by atoms with E-state index in [1.54, 1.807) is 0 Å². The Hall–Kier alpha value is -0.0800. The van der Waals surface area contributed by atoms with Crippen LogP contribution in [0.2, 0.25) is 0 Å². The summed E-state index contributed by atoms with van der Waals surface area (Å²) in [4.78, 5) is 0. The second-order valence-electron chi connectivity index (χ2n) is 1.31. The SMILES string of the molecule is [CH2]C(O)C(C)O. The fourth-order valence-corrected chi connectivity index (χ4v) is 0. The minimum absolute atomic E-state index is 0.704. The molecule has 2 unspecified atom stereocenters. The van der Waals surface area contributed by atoms with Crippen molar-refractivity contribution < 1.29 is 10.2 Å². The van der Waals surface area contributed by atoms with Crippen LogP contribution >= 0.6 is 0 Å². The normalized spacial score (nSPS) is 20.0. The maximum Gasteiger partial charge on any atom is 0.0797 e. The van der Waals surface area contributed by atoms with Crippen molar-refractivity contribution in [1.29, 1.82) is 0 Å². The lowest BCUT2D eigenvalue weighted by atomic mass is 10.3. The van der Waals surface area contributed by atoms with Gasteiger partial charge in [0.1, 0.15) is 0 Å². The molecule has 0 heterocycles. The highest BCUT2D eigenvalue weighted by molar-refractivity contribution is 4.61. The van der Waals surface area contributed by atoms with E-state index in [0.29, 0.717) is 0 Å². The lowest BCUT2D eigenvalue weighted by Crippen LogP contribution is -2.17. The standard InChI is InChI=1S/C4H9O2/c1-3(5)4(2)6/h3-6H,1H2,2H3. The van der Waals surface area contributed by atoms with E-state index in [1.807, 2.05) is 0 Å². The van der Waals surface area contributed by atoms with Crippen molar-refractivity contribution in [3.63, 3.8) is 0 Å². The van der Waals surface area contributed by atoms with Crippen LogP contribution in [0.5, 0.6) is 0 Å². The molecule has 0 aliphatic rings. The molecule has 2 N–H and O–H groups in total. The molecule has 2 heteroatoms. The number of aliphatic hydroxyl groups excluding tert-OH is 2. The van der Waals surface area contributed by atoms with E-state index >= 15 is 0 Å². The fraction of sp³-hybridized carbons (Fsp3) is 0.750. The summed E-state index contributed by atoms with van der Waals surface area (Å²) in [5.74, 6) is 0. The summed E-state index contributed by atoms with van der Waals surface area (Å²) in [6.45, 7) is 4.63. The highest BCUT2D eigenvalue weighted by Crippen LogP contribution is 1.84. The monoisotopic (exact) mass is 89.1 g/mol. The molecule has 0 aliphatic carbocycles. The van der Waals surface area contributed by atoms with E-state index in [0.717, 1.165) is 0 Å². The number of aliphatic hydroxyl groups is 2. The summed E-state index contributed by atoms with van der Waals surface area (Å²) >= 11 is 0. The topological polar surface area (TPSA) is 40.5 Å². The van der Waals surface area contributed by atoms with Crippen LogP contribution in [0.25, 0.3) is 0 Å². The Balaban J connectivity index is 2.99. The van der Waals surface area contributed by atoms with Gasteiger partial charge in [-0.05, 0) is 13.8 Å². The van der Waals surface area contributed by atoms with Gasteiger partial charge in [-0.1, -0.05) is 0 Å². The molecule has 0 aromatic carbocycles. The first kappa shape index (κ1) is 5.92. The van der Waals surface area contributed by atoms with Gasteiger partial charge >= 0.3 is 0 Å². The minimum atomic E-state index is -0.843. The van der Waals surface area contributed by atoms with Crippen LogP contribution in [0.1, 0.15) is 6.92 Å². The molecule has 0 fully saturated rings. The number of rotatable bonds is 1. The van der Waals surface area contributed by atoms with Gasteiger partial charge in [0, 0.05) is 0 Å². The van der Waals surface area contributed by atoms with E-state index < -0.39 is 12.2 Å². The van der Waals surface area contributed by atoms with Gasteiger partial charge in [-0.15, -0.1) is 0 Å². The molecule has 1 radical (unpaired) electrons. The van der Waals surface area contributed by atoms with E-state index in [9.17, 15) is 0 Å². The minimum Gasteiger partial charge on any atom is -0.391 e. The lowest BCUT2D eigenvalue weighted by Gasteiger charge is -2.03. The van der Waals surface area contributed by atoms with Gasteiger partial charge in [-0.3, -0.25) is 0 Å². The van der Waals surface area contributed by atoms with Gasteiger partial charge < -0.3 is 10.2 Å². The summed E-state index contributed by atoms with van der Waals surface area (Å²) in [6, 6.07) is 0. The predicted molar refractivity (Wildman–Crippen MR) is 23.0 cm³/mol. The number of hydrogen-bond donors (Lipinski definition) is 2. The molecule has 37 valence electrons. The maximum absolute atomic E-state index is 8.32. The zero-order valence-corrected chi connectivity index (χ0v) is 3.76. The van der Waals surface area contributed by atoms with Crippen LogP contribution in [-0.4, -0.2) is 22.4 Å². The van der Waals surface area contributed by atoms with E-state index in [-0.39, 0.29) is 0 Å². The van der Waals surface area contributed by atoms with Crippen molar-refractivity contribution in [2.24, 2.45) is 0 Å². The van der Waals surface area contributed by atoms with E-state index in [2.05, 4.69) is 6.92 Å². The van der Waals surface area contributed by atoms with E-state index in [1.165, 1.54) is 6.92 Å². The molecular formula is C4H9O2. The highest BCUT2D eigenvalue weighted by atomic mass is 16.3.